The molecule has 1 aromatic carbocycles. The number of benzene rings is 1. The summed E-state index contributed by atoms with van der Waals surface area (Å²) in [4.78, 5) is 0. The van der Waals surface area contributed by atoms with E-state index in [1.165, 1.54) is 5.56 Å². The Labute approximate surface area is 128 Å². The zero-order valence-corrected chi connectivity index (χ0v) is 12.7. The van der Waals surface area contributed by atoms with E-state index >= 15 is 0 Å². The van der Waals surface area contributed by atoms with Crippen LogP contribution in [0.1, 0.15) is 25.0 Å². The topological polar surface area (TPSA) is 57.5 Å². The highest BCUT2D eigenvalue weighted by atomic mass is 35.5. The van der Waals surface area contributed by atoms with Gasteiger partial charge in [0.05, 0.1) is 17.4 Å². The molecule has 110 valence electrons. The van der Waals surface area contributed by atoms with Crippen molar-refractivity contribution in [3.05, 3.63) is 46.7 Å². The van der Waals surface area contributed by atoms with Crippen LogP contribution in [0, 0.1) is 0 Å². The fourth-order valence-corrected chi connectivity index (χ4v) is 2.50. The normalized spacial score (nSPS) is 14.2. The number of hydrogen-bond acceptors (Lipinski definition) is 5. The molecule has 0 amide bonds. The molecule has 7 heteroatoms. The monoisotopic (exact) mass is 304 g/mol. The maximum atomic E-state index is 6.47. The average molecular weight is 305 g/mol. The first-order valence-electron chi connectivity index (χ1n) is 6.93. The van der Waals surface area contributed by atoms with Crippen molar-refractivity contribution in [1.29, 1.82) is 0 Å². The minimum atomic E-state index is 0.543. The second-order valence-electron chi connectivity index (χ2n) is 4.68. The lowest BCUT2D eigenvalue weighted by Gasteiger charge is -2.15. The Hall–Kier alpha value is -2.05. The van der Waals surface area contributed by atoms with E-state index in [2.05, 4.69) is 40.3 Å². The second-order valence-corrected chi connectivity index (χ2v) is 5.04. The molecule has 0 aliphatic carbocycles. The largest absolute Gasteiger partial charge is 0.271 e. The van der Waals surface area contributed by atoms with Gasteiger partial charge in [-0.15, -0.1) is 10.6 Å². The van der Waals surface area contributed by atoms with Gasteiger partial charge in [-0.2, -0.15) is 5.10 Å². The third-order valence-electron chi connectivity index (χ3n) is 3.46. The first-order valence-corrected chi connectivity index (χ1v) is 7.31. The molecule has 0 atom stereocenters. The Kier molecular flexibility index (Phi) is 3.81. The molecule has 1 aliphatic heterocycles. The zero-order chi connectivity index (χ0) is 14.8. The number of hydrazine groups is 2. The highest BCUT2D eigenvalue weighted by Crippen LogP contribution is 2.22. The zero-order valence-electron chi connectivity index (χ0n) is 12.0. The van der Waals surface area contributed by atoms with Crippen LogP contribution in [0.5, 0.6) is 0 Å². The summed E-state index contributed by atoms with van der Waals surface area (Å²) in [5, 5.41) is 11.0. The lowest BCUT2D eigenvalue weighted by Crippen LogP contribution is -2.40. The third kappa shape index (κ3) is 2.48. The lowest BCUT2D eigenvalue weighted by molar-refractivity contribution is 0.308. The molecule has 0 saturated carbocycles. The van der Waals surface area contributed by atoms with Crippen LogP contribution in [0.3, 0.4) is 0 Å². The van der Waals surface area contributed by atoms with Crippen LogP contribution in [-0.2, 0) is 6.42 Å². The van der Waals surface area contributed by atoms with Crippen LogP contribution in [0.2, 0.25) is 5.15 Å². The van der Waals surface area contributed by atoms with E-state index in [1.807, 2.05) is 24.1 Å². The number of rotatable bonds is 4. The molecule has 0 bridgehead atoms. The number of amidine groups is 1. The number of halogens is 1. The summed E-state index contributed by atoms with van der Waals surface area (Å²) < 4.78 is 1.71. The highest BCUT2D eigenvalue weighted by molar-refractivity contribution is 6.33. The van der Waals surface area contributed by atoms with Gasteiger partial charge >= 0.3 is 0 Å². The van der Waals surface area contributed by atoms with Crippen molar-refractivity contribution < 1.29 is 0 Å². The SMILES string of the molecule is CCc1ccc(-n2ncc(C3=NNNN3CC)c2Cl)cc1. The van der Waals surface area contributed by atoms with Crippen LogP contribution < -0.4 is 11.1 Å². The molecule has 1 aromatic heterocycles. The van der Waals surface area contributed by atoms with E-state index in [1.54, 1.807) is 10.9 Å². The summed E-state index contributed by atoms with van der Waals surface area (Å²) in [6, 6.07) is 8.21. The molecule has 2 N–H and O–H groups in total. The van der Waals surface area contributed by atoms with Crippen molar-refractivity contribution >= 4 is 17.4 Å². The van der Waals surface area contributed by atoms with E-state index in [4.69, 9.17) is 11.6 Å². The van der Waals surface area contributed by atoms with Gasteiger partial charge in [-0.25, -0.2) is 10.2 Å². The van der Waals surface area contributed by atoms with E-state index < -0.39 is 0 Å². The number of hydrazone groups is 1. The first-order chi connectivity index (χ1) is 10.2. The van der Waals surface area contributed by atoms with E-state index in [-0.39, 0.29) is 0 Å². The molecule has 0 fully saturated rings. The summed E-state index contributed by atoms with van der Waals surface area (Å²) in [5.41, 5.74) is 8.67. The Morgan fingerprint density at radius 2 is 1.95 bits per heavy atom. The number of aryl methyl sites for hydroxylation is 1. The van der Waals surface area contributed by atoms with Gasteiger partial charge in [-0.05, 0) is 31.0 Å². The maximum absolute atomic E-state index is 6.47. The minimum absolute atomic E-state index is 0.543. The molecule has 3 rings (SSSR count). The van der Waals surface area contributed by atoms with Crippen molar-refractivity contribution in [2.75, 3.05) is 6.54 Å². The van der Waals surface area contributed by atoms with Gasteiger partial charge in [-0.3, -0.25) is 5.01 Å². The minimum Gasteiger partial charge on any atom is -0.271 e. The van der Waals surface area contributed by atoms with Crippen LogP contribution in [0.15, 0.2) is 35.6 Å². The third-order valence-corrected chi connectivity index (χ3v) is 3.82. The molecule has 0 unspecified atom stereocenters. The molecule has 21 heavy (non-hydrogen) atoms. The van der Waals surface area contributed by atoms with Gasteiger partial charge in [0.1, 0.15) is 5.15 Å². The number of aromatic nitrogens is 2. The van der Waals surface area contributed by atoms with Crippen LogP contribution >= 0.6 is 11.6 Å². The quantitative estimate of drug-likeness (QED) is 0.908. The molecule has 0 saturated heterocycles. The molecule has 0 radical (unpaired) electrons. The standard InChI is InChI=1S/C14H17ClN6/c1-3-10-5-7-11(8-6-10)21-13(15)12(9-16-21)14-17-18-19-20(14)4-2/h5-9,18-19H,3-4H2,1-2H3. The van der Waals surface area contributed by atoms with Crippen molar-refractivity contribution in [3.63, 3.8) is 0 Å². The number of nitrogens with zero attached hydrogens (tertiary/aromatic N) is 4. The summed E-state index contributed by atoms with van der Waals surface area (Å²) in [7, 11) is 0. The molecule has 1 aliphatic rings. The van der Waals surface area contributed by atoms with Gasteiger partial charge in [0, 0.05) is 6.54 Å². The maximum Gasteiger partial charge on any atom is 0.177 e. The van der Waals surface area contributed by atoms with Gasteiger partial charge in [0.25, 0.3) is 0 Å². The van der Waals surface area contributed by atoms with Crippen LogP contribution in [0.25, 0.3) is 5.69 Å². The van der Waals surface area contributed by atoms with Crippen molar-refractivity contribution in [2.24, 2.45) is 5.10 Å². The second kappa shape index (κ2) is 5.75. The summed E-state index contributed by atoms with van der Waals surface area (Å²) in [5.74, 6) is 0.735. The van der Waals surface area contributed by atoms with Crippen molar-refractivity contribution in [2.45, 2.75) is 20.3 Å². The Morgan fingerprint density at radius 1 is 1.19 bits per heavy atom. The van der Waals surface area contributed by atoms with Gasteiger partial charge < -0.3 is 0 Å². The van der Waals surface area contributed by atoms with E-state index in [0.717, 1.165) is 30.1 Å². The van der Waals surface area contributed by atoms with Gasteiger partial charge in [-0.1, -0.05) is 30.7 Å². The predicted molar refractivity (Wildman–Crippen MR) is 83.1 cm³/mol. The number of nitrogens with one attached hydrogen (secondary N) is 2. The Morgan fingerprint density at radius 3 is 2.62 bits per heavy atom. The summed E-state index contributed by atoms with van der Waals surface area (Å²) >= 11 is 6.47. The van der Waals surface area contributed by atoms with E-state index in [0.29, 0.717) is 5.15 Å². The molecule has 6 nitrogen and oxygen atoms in total. The molecule has 2 heterocycles. The smallest absolute Gasteiger partial charge is 0.177 e. The van der Waals surface area contributed by atoms with Crippen LogP contribution in [0.4, 0.5) is 0 Å². The Balaban J connectivity index is 1.95. The highest BCUT2D eigenvalue weighted by Gasteiger charge is 2.23. The Bertz CT molecular complexity index is 661. The van der Waals surface area contributed by atoms with Gasteiger partial charge in [0.15, 0.2) is 5.84 Å². The predicted octanol–water partition coefficient (Wildman–Crippen LogP) is 2.09. The first kappa shape index (κ1) is 13.9. The van der Waals surface area contributed by atoms with Crippen LogP contribution in [-0.4, -0.2) is 27.2 Å². The molecular weight excluding hydrogens is 288 g/mol. The van der Waals surface area contributed by atoms with Crippen molar-refractivity contribution in [1.82, 2.24) is 25.9 Å². The molecular formula is C14H17ClN6. The molecule has 0 spiro atoms. The summed E-state index contributed by atoms with van der Waals surface area (Å²) in [6.07, 6.45) is 2.74. The van der Waals surface area contributed by atoms with Crippen molar-refractivity contribution in [3.8, 4) is 5.69 Å². The summed E-state index contributed by atoms with van der Waals surface area (Å²) in [6.45, 7) is 4.92. The fourth-order valence-electron chi connectivity index (χ4n) is 2.22. The lowest BCUT2D eigenvalue weighted by atomic mass is 10.1. The number of hydrogen-bond donors (Lipinski definition) is 2. The molecule has 2 aromatic rings. The van der Waals surface area contributed by atoms with Gasteiger partial charge in [0.2, 0.25) is 0 Å². The average Bonchev–Trinajstić information content (AvgIpc) is 3.13. The fraction of sp³-hybridized carbons (Fsp3) is 0.286. The van der Waals surface area contributed by atoms with E-state index in [9.17, 15) is 0 Å².